The number of aromatic nitrogens is 3. The van der Waals surface area contributed by atoms with Gasteiger partial charge in [0.1, 0.15) is 5.82 Å². The molecule has 1 atom stereocenters. The molecule has 0 aliphatic carbocycles. The number of nitrogens with one attached hydrogen (secondary N) is 1. The molecule has 4 rings (SSSR count). The molecular formula is C20H22F3N5. The van der Waals surface area contributed by atoms with Gasteiger partial charge in [-0.15, -0.1) is 5.10 Å². The van der Waals surface area contributed by atoms with Crippen LogP contribution < -0.4 is 5.32 Å². The van der Waals surface area contributed by atoms with Crippen molar-refractivity contribution in [1.82, 2.24) is 19.5 Å². The van der Waals surface area contributed by atoms with Crippen LogP contribution >= 0.6 is 0 Å². The highest BCUT2D eigenvalue weighted by atomic mass is 19.4. The van der Waals surface area contributed by atoms with Gasteiger partial charge in [0.2, 0.25) is 0 Å². The third-order valence-corrected chi connectivity index (χ3v) is 5.15. The standard InChI is InChI=1S/C20H22F3N5/c1-27-10-3-6-16(9-11-27)25-18-7-8-19-24-13-17(28(19)26-18)14-4-2-5-15(12-14)20(21,22)23/h2,4-5,7-8,12-13,16H,3,6,9-11H2,1H3,(H,25,26). The summed E-state index contributed by atoms with van der Waals surface area (Å²) in [5, 5.41) is 8.07. The van der Waals surface area contributed by atoms with E-state index in [0.717, 1.165) is 44.5 Å². The Hall–Kier alpha value is -2.61. The maximum Gasteiger partial charge on any atom is 0.416 e. The number of rotatable bonds is 3. The van der Waals surface area contributed by atoms with Crippen molar-refractivity contribution in [2.24, 2.45) is 0 Å². The van der Waals surface area contributed by atoms with E-state index in [4.69, 9.17) is 0 Å². The van der Waals surface area contributed by atoms with Crippen LogP contribution in [0.2, 0.25) is 0 Å². The zero-order valence-corrected chi connectivity index (χ0v) is 15.6. The Labute approximate surface area is 161 Å². The molecular weight excluding hydrogens is 367 g/mol. The van der Waals surface area contributed by atoms with E-state index in [1.54, 1.807) is 16.8 Å². The van der Waals surface area contributed by atoms with E-state index < -0.39 is 11.7 Å². The zero-order valence-electron chi connectivity index (χ0n) is 15.6. The molecule has 3 aromatic rings. The molecule has 1 N–H and O–H groups in total. The topological polar surface area (TPSA) is 45.5 Å². The average molecular weight is 389 g/mol. The van der Waals surface area contributed by atoms with Crippen molar-refractivity contribution in [3.8, 4) is 11.3 Å². The first-order valence-corrected chi connectivity index (χ1v) is 9.38. The number of imidazole rings is 1. The van der Waals surface area contributed by atoms with Gasteiger partial charge in [0.25, 0.3) is 0 Å². The molecule has 1 fully saturated rings. The van der Waals surface area contributed by atoms with Gasteiger partial charge in [-0.1, -0.05) is 12.1 Å². The van der Waals surface area contributed by atoms with Crippen molar-refractivity contribution >= 4 is 11.5 Å². The summed E-state index contributed by atoms with van der Waals surface area (Å²) in [6.07, 6.45) is 0.386. The Kier molecular flexibility index (Phi) is 4.97. The van der Waals surface area contributed by atoms with Crippen molar-refractivity contribution in [2.45, 2.75) is 31.5 Å². The average Bonchev–Trinajstić information content (AvgIpc) is 2.97. The Balaban J connectivity index is 1.63. The molecule has 0 saturated carbocycles. The summed E-state index contributed by atoms with van der Waals surface area (Å²) in [5.41, 5.74) is 0.879. The maximum atomic E-state index is 13.1. The van der Waals surface area contributed by atoms with Crippen LogP contribution in [0.4, 0.5) is 19.0 Å². The van der Waals surface area contributed by atoms with Crippen LogP contribution in [0.25, 0.3) is 16.9 Å². The fourth-order valence-corrected chi connectivity index (χ4v) is 3.60. The van der Waals surface area contributed by atoms with Crippen LogP contribution in [-0.4, -0.2) is 45.7 Å². The smallest absolute Gasteiger partial charge is 0.366 e. The largest absolute Gasteiger partial charge is 0.416 e. The van der Waals surface area contributed by atoms with Crippen LogP contribution in [-0.2, 0) is 6.18 Å². The highest BCUT2D eigenvalue weighted by Gasteiger charge is 2.30. The molecule has 1 unspecified atom stereocenters. The number of fused-ring (bicyclic) bond motifs is 1. The van der Waals surface area contributed by atoms with Crippen molar-refractivity contribution in [1.29, 1.82) is 0 Å². The molecule has 28 heavy (non-hydrogen) atoms. The third kappa shape index (κ3) is 3.96. The molecule has 0 amide bonds. The third-order valence-electron chi connectivity index (χ3n) is 5.15. The summed E-state index contributed by atoms with van der Waals surface area (Å²) in [4.78, 5) is 6.60. The van der Waals surface area contributed by atoms with E-state index in [2.05, 4.69) is 27.3 Å². The SMILES string of the molecule is CN1CCCC(Nc2ccc3ncc(-c4cccc(C(F)(F)F)c4)n3n2)CC1. The predicted octanol–water partition coefficient (Wildman–Crippen LogP) is 4.31. The molecule has 1 aliphatic heterocycles. The molecule has 8 heteroatoms. The van der Waals surface area contributed by atoms with Crippen LogP contribution in [0.5, 0.6) is 0 Å². The van der Waals surface area contributed by atoms with E-state index in [0.29, 0.717) is 28.8 Å². The van der Waals surface area contributed by atoms with Gasteiger partial charge in [-0.3, -0.25) is 0 Å². The predicted molar refractivity (Wildman–Crippen MR) is 102 cm³/mol. The number of likely N-dealkylation sites (tertiary alicyclic amines) is 1. The highest BCUT2D eigenvalue weighted by molar-refractivity contribution is 5.64. The summed E-state index contributed by atoms with van der Waals surface area (Å²) in [6, 6.07) is 9.27. The van der Waals surface area contributed by atoms with Crippen LogP contribution in [0.1, 0.15) is 24.8 Å². The number of hydrogen-bond donors (Lipinski definition) is 1. The monoisotopic (exact) mass is 389 g/mol. The molecule has 0 spiro atoms. The minimum atomic E-state index is -4.39. The molecule has 1 aromatic carbocycles. The molecule has 1 saturated heterocycles. The Bertz CT molecular complexity index is 966. The van der Waals surface area contributed by atoms with Crippen molar-refractivity contribution < 1.29 is 13.2 Å². The van der Waals surface area contributed by atoms with Crippen LogP contribution in [0, 0.1) is 0 Å². The Morgan fingerprint density at radius 3 is 2.79 bits per heavy atom. The van der Waals surface area contributed by atoms with Gasteiger partial charge in [-0.2, -0.15) is 13.2 Å². The Morgan fingerprint density at radius 1 is 1.11 bits per heavy atom. The van der Waals surface area contributed by atoms with Gasteiger partial charge in [0, 0.05) is 11.6 Å². The second-order valence-corrected chi connectivity index (χ2v) is 7.29. The van der Waals surface area contributed by atoms with Gasteiger partial charge < -0.3 is 10.2 Å². The zero-order chi connectivity index (χ0) is 19.7. The van der Waals surface area contributed by atoms with Crippen molar-refractivity contribution in [2.75, 3.05) is 25.5 Å². The molecule has 0 radical (unpaired) electrons. The van der Waals surface area contributed by atoms with Crippen molar-refractivity contribution in [3.63, 3.8) is 0 Å². The second kappa shape index (κ2) is 7.43. The summed E-state index contributed by atoms with van der Waals surface area (Å²) < 4.78 is 40.8. The van der Waals surface area contributed by atoms with Crippen LogP contribution in [0.15, 0.2) is 42.6 Å². The Morgan fingerprint density at radius 2 is 1.96 bits per heavy atom. The number of nitrogens with zero attached hydrogens (tertiary/aromatic N) is 4. The van der Waals surface area contributed by atoms with Crippen molar-refractivity contribution in [3.05, 3.63) is 48.2 Å². The highest BCUT2D eigenvalue weighted by Crippen LogP contribution is 2.32. The summed E-state index contributed by atoms with van der Waals surface area (Å²) in [5.74, 6) is 0.702. The second-order valence-electron chi connectivity index (χ2n) is 7.29. The maximum absolute atomic E-state index is 13.1. The number of hydrogen-bond acceptors (Lipinski definition) is 4. The first kappa shape index (κ1) is 18.7. The van der Waals surface area contributed by atoms with Gasteiger partial charge in [0.15, 0.2) is 5.65 Å². The number of benzene rings is 1. The van der Waals surface area contributed by atoms with E-state index in [1.165, 1.54) is 6.07 Å². The lowest BCUT2D eigenvalue weighted by Gasteiger charge is -2.17. The minimum absolute atomic E-state index is 0.329. The molecule has 2 aromatic heterocycles. The van der Waals surface area contributed by atoms with Gasteiger partial charge >= 0.3 is 6.18 Å². The van der Waals surface area contributed by atoms with E-state index in [-0.39, 0.29) is 0 Å². The normalized spacial score (nSPS) is 18.9. The lowest BCUT2D eigenvalue weighted by Crippen LogP contribution is -2.23. The number of alkyl halides is 3. The molecule has 3 heterocycles. The fourth-order valence-electron chi connectivity index (χ4n) is 3.60. The van der Waals surface area contributed by atoms with Gasteiger partial charge in [-0.25, -0.2) is 9.50 Å². The molecule has 148 valence electrons. The quantitative estimate of drug-likeness (QED) is 0.725. The van der Waals surface area contributed by atoms with Crippen LogP contribution in [0.3, 0.4) is 0 Å². The number of halogens is 3. The number of anilines is 1. The summed E-state index contributed by atoms with van der Waals surface area (Å²) in [6.45, 7) is 2.12. The van der Waals surface area contributed by atoms with E-state index in [1.807, 2.05) is 12.1 Å². The summed E-state index contributed by atoms with van der Waals surface area (Å²) >= 11 is 0. The molecule has 5 nitrogen and oxygen atoms in total. The first-order chi connectivity index (χ1) is 13.4. The summed E-state index contributed by atoms with van der Waals surface area (Å²) in [7, 11) is 2.12. The molecule has 0 bridgehead atoms. The lowest BCUT2D eigenvalue weighted by molar-refractivity contribution is -0.137. The van der Waals surface area contributed by atoms with E-state index in [9.17, 15) is 13.2 Å². The minimum Gasteiger partial charge on any atom is -0.366 e. The van der Waals surface area contributed by atoms with Gasteiger partial charge in [-0.05, 0) is 63.7 Å². The lowest BCUT2D eigenvalue weighted by atomic mass is 10.1. The van der Waals surface area contributed by atoms with Gasteiger partial charge in [0.05, 0.1) is 17.5 Å². The molecule has 1 aliphatic rings. The first-order valence-electron chi connectivity index (χ1n) is 9.38. The van der Waals surface area contributed by atoms with E-state index >= 15 is 0 Å². The fraction of sp³-hybridized carbons (Fsp3) is 0.400.